The van der Waals surface area contributed by atoms with Crippen molar-refractivity contribution in [2.45, 2.75) is 26.2 Å². The molecule has 148 valence electrons. The van der Waals surface area contributed by atoms with Crippen LogP contribution in [0, 0.1) is 6.92 Å². The van der Waals surface area contributed by atoms with E-state index in [0.29, 0.717) is 25.3 Å². The Morgan fingerprint density at radius 3 is 2.69 bits per heavy atom. The summed E-state index contributed by atoms with van der Waals surface area (Å²) in [6, 6.07) is 17.9. The molecule has 0 amide bonds. The van der Waals surface area contributed by atoms with Gasteiger partial charge in [0.2, 0.25) is 5.89 Å². The Morgan fingerprint density at radius 1 is 1.14 bits per heavy atom. The highest BCUT2D eigenvalue weighted by Gasteiger charge is 2.14. The maximum Gasteiger partial charge on any atom is 0.303 e. The van der Waals surface area contributed by atoms with Gasteiger partial charge in [-0.3, -0.25) is 4.79 Å². The lowest BCUT2D eigenvalue weighted by Crippen LogP contribution is -2.03. The third-order valence-corrected chi connectivity index (χ3v) is 5.79. The van der Waals surface area contributed by atoms with Crippen LogP contribution in [-0.4, -0.2) is 22.7 Å². The maximum atomic E-state index is 10.6. The average molecular weight is 407 g/mol. The van der Waals surface area contributed by atoms with Gasteiger partial charge in [0.1, 0.15) is 11.5 Å². The SMILES string of the molecule is Cc1oc(-c2cc3ccccc3s2)nc1CCOc1ccc(CCC(=O)O)cc1. The molecule has 1 N–H and O–H groups in total. The number of carbonyl (C=O) groups is 1. The first kappa shape index (κ1) is 19.2. The molecule has 4 aromatic rings. The van der Waals surface area contributed by atoms with Crippen molar-refractivity contribution in [3.63, 3.8) is 0 Å². The molecule has 0 spiro atoms. The van der Waals surface area contributed by atoms with Gasteiger partial charge in [0, 0.05) is 17.5 Å². The zero-order valence-electron chi connectivity index (χ0n) is 16.1. The zero-order valence-corrected chi connectivity index (χ0v) is 16.9. The molecule has 0 aliphatic rings. The van der Waals surface area contributed by atoms with Crippen molar-refractivity contribution in [3.05, 3.63) is 71.6 Å². The Labute approximate surface area is 172 Å². The molecule has 0 saturated carbocycles. The highest BCUT2D eigenvalue weighted by molar-refractivity contribution is 7.22. The van der Waals surface area contributed by atoms with Gasteiger partial charge in [-0.15, -0.1) is 11.3 Å². The van der Waals surface area contributed by atoms with E-state index < -0.39 is 5.97 Å². The summed E-state index contributed by atoms with van der Waals surface area (Å²) in [4.78, 5) is 16.3. The van der Waals surface area contributed by atoms with E-state index in [1.165, 1.54) is 10.1 Å². The number of fused-ring (bicyclic) bond motifs is 1. The Morgan fingerprint density at radius 2 is 1.93 bits per heavy atom. The predicted molar refractivity (Wildman–Crippen MR) is 114 cm³/mol. The van der Waals surface area contributed by atoms with Crippen molar-refractivity contribution in [2.75, 3.05) is 6.61 Å². The van der Waals surface area contributed by atoms with Crippen LogP contribution in [0.5, 0.6) is 5.75 Å². The molecule has 6 heteroatoms. The van der Waals surface area contributed by atoms with Gasteiger partial charge in [-0.05, 0) is 48.6 Å². The van der Waals surface area contributed by atoms with E-state index in [0.717, 1.165) is 27.6 Å². The number of hydrogen-bond acceptors (Lipinski definition) is 5. The van der Waals surface area contributed by atoms with E-state index in [9.17, 15) is 4.79 Å². The summed E-state index contributed by atoms with van der Waals surface area (Å²) < 4.78 is 12.9. The Kier molecular flexibility index (Phi) is 5.62. The van der Waals surface area contributed by atoms with Gasteiger partial charge >= 0.3 is 5.97 Å². The molecule has 2 aromatic heterocycles. The number of aryl methyl sites for hydroxylation is 2. The van der Waals surface area contributed by atoms with Crippen LogP contribution < -0.4 is 4.74 Å². The van der Waals surface area contributed by atoms with E-state index in [-0.39, 0.29) is 6.42 Å². The van der Waals surface area contributed by atoms with Crippen LogP contribution in [-0.2, 0) is 17.6 Å². The summed E-state index contributed by atoms with van der Waals surface area (Å²) in [7, 11) is 0. The molecule has 29 heavy (non-hydrogen) atoms. The first-order valence-electron chi connectivity index (χ1n) is 9.47. The maximum absolute atomic E-state index is 10.6. The van der Waals surface area contributed by atoms with Crippen molar-refractivity contribution < 1.29 is 19.1 Å². The van der Waals surface area contributed by atoms with Crippen LogP contribution in [0.25, 0.3) is 20.9 Å². The summed E-state index contributed by atoms with van der Waals surface area (Å²) in [5, 5.41) is 9.94. The van der Waals surface area contributed by atoms with E-state index in [2.05, 4.69) is 23.2 Å². The van der Waals surface area contributed by atoms with Crippen LogP contribution in [0.2, 0.25) is 0 Å². The van der Waals surface area contributed by atoms with Gasteiger partial charge in [-0.2, -0.15) is 0 Å². The Bertz CT molecular complexity index is 1090. The van der Waals surface area contributed by atoms with Gasteiger partial charge in [-0.1, -0.05) is 30.3 Å². The molecule has 0 atom stereocenters. The topological polar surface area (TPSA) is 72.6 Å². The molecular formula is C23H21NO4S. The summed E-state index contributed by atoms with van der Waals surface area (Å²) >= 11 is 1.68. The fraction of sp³-hybridized carbons (Fsp3) is 0.217. The number of hydrogen-bond donors (Lipinski definition) is 1. The molecule has 0 bridgehead atoms. The third kappa shape index (κ3) is 4.66. The number of nitrogens with zero attached hydrogens (tertiary/aromatic N) is 1. The van der Waals surface area contributed by atoms with E-state index >= 15 is 0 Å². The molecule has 0 radical (unpaired) electrons. The van der Waals surface area contributed by atoms with E-state index in [4.69, 9.17) is 14.3 Å². The average Bonchev–Trinajstić information content (AvgIpc) is 3.31. The van der Waals surface area contributed by atoms with Crippen molar-refractivity contribution in [1.29, 1.82) is 0 Å². The summed E-state index contributed by atoms with van der Waals surface area (Å²) in [6.07, 6.45) is 1.31. The molecule has 0 fully saturated rings. The lowest BCUT2D eigenvalue weighted by molar-refractivity contribution is -0.136. The lowest BCUT2D eigenvalue weighted by atomic mass is 10.1. The second-order valence-corrected chi connectivity index (χ2v) is 7.89. The fourth-order valence-electron chi connectivity index (χ4n) is 3.12. The van der Waals surface area contributed by atoms with Crippen LogP contribution in [0.1, 0.15) is 23.4 Å². The van der Waals surface area contributed by atoms with Crippen LogP contribution in [0.4, 0.5) is 0 Å². The highest BCUT2D eigenvalue weighted by Crippen LogP contribution is 2.33. The zero-order chi connectivity index (χ0) is 20.2. The molecule has 0 aliphatic heterocycles. The number of benzene rings is 2. The van der Waals surface area contributed by atoms with Crippen LogP contribution in [0.3, 0.4) is 0 Å². The van der Waals surface area contributed by atoms with Gasteiger partial charge in [0.15, 0.2) is 0 Å². The Balaban J connectivity index is 1.36. The largest absolute Gasteiger partial charge is 0.493 e. The number of rotatable bonds is 8. The van der Waals surface area contributed by atoms with Crippen molar-refractivity contribution in [2.24, 2.45) is 0 Å². The number of carboxylic acid groups (broad SMARTS) is 1. The third-order valence-electron chi connectivity index (χ3n) is 4.69. The number of carboxylic acids is 1. The minimum atomic E-state index is -0.789. The quantitative estimate of drug-likeness (QED) is 0.417. The number of ether oxygens (including phenoxy) is 1. The molecule has 2 aromatic carbocycles. The molecule has 0 aliphatic carbocycles. The van der Waals surface area contributed by atoms with Gasteiger partial charge < -0.3 is 14.3 Å². The molecule has 0 unspecified atom stereocenters. The van der Waals surface area contributed by atoms with Crippen molar-refractivity contribution >= 4 is 27.4 Å². The van der Waals surface area contributed by atoms with Gasteiger partial charge in [0.05, 0.1) is 17.2 Å². The summed E-state index contributed by atoms with van der Waals surface area (Å²) in [6.45, 7) is 2.42. The molecule has 0 saturated heterocycles. The second kappa shape index (κ2) is 8.49. The number of aromatic nitrogens is 1. The fourth-order valence-corrected chi connectivity index (χ4v) is 4.11. The minimum absolute atomic E-state index is 0.133. The molecule has 2 heterocycles. The summed E-state index contributed by atoms with van der Waals surface area (Å²) in [5.41, 5.74) is 1.88. The van der Waals surface area contributed by atoms with Gasteiger partial charge in [-0.25, -0.2) is 4.98 Å². The smallest absolute Gasteiger partial charge is 0.303 e. The monoisotopic (exact) mass is 407 g/mol. The molecule has 5 nitrogen and oxygen atoms in total. The first-order chi connectivity index (χ1) is 14.1. The molecular weight excluding hydrogens is 386 g/mol. The lowest BCUT2D eigenvalue weighted by Gasteiger charge is -2.06. The van der Waals surface area contributed by atoms with Crippen molar-refractivity contribution in [1.82, 2.24) is 4.98 Å². The van der Waals surface area contributed by atoms with Crippen LogP contribution >= 0.6 is 11.3 Å². The van der Waals surface area contributed by atoms with E-state index in [1.807, 2.05) is 43.3 Å². The van der Waals surface area contributed by atoms with E-state index in [1.54, 1.807) is 11.3 Å². The second-order valence-electron chi connectivity index (χ2n) is 6.81. The number of oxazole rings is 1. The minimum Gasteiger partial charge on any atom is -0.493 e. The van der Waals surface area contributed by atoms with Crippen LogP contribution in [0.15, 0.2) is 59.0 Å². The number of thiophene rings is 1. The van der Waals surface area contributed by atoms with Crippen molar-refractivity contribution in [3.8, 4) is 16.5 Å². The predicted octanol–water partition coefficient (Wildman–Crippen LogP) is 5.50. The van der Waals surface area contributed by atoms with Gasteiger partial charge in [0.25, 0.3) is 0 Å². The normalized spacial score (nSPS) is 11.1. The summed E-state index contributed by atoms with van der Waals surface area (Å²) in [5.74, 6) is 1.44. The first-order valence-corrected chi connectivity index (χ1v) is 10.3. The molecule has 4 rings (SSSR count). The standard InChI is InChI=1S/C23H21NO4S/c1-15-19(12-13-27-18-9-6-16(7-10-18)8-11-22(25)26)24-23(28-15)21-14-17-4-2-3-5-20(17)29-21/h2-7,9-10,14H,8,11-13H2,1H3,(H,25,26). The number of aliphatic carboxylic acids is 1. The Hall–Kier alpha value is -3.12. The highest BCUT2D eigenvalue weighted by atomic mass is 32.1.